The summed E-state index contributed by atoms with van der Waals surface area (Å²) in [6.45, 7) is -0.139. The Kier molecular flexibility index (Phi) is 9.84. The minimum absolute atomic E-state index is 0. The number of cyclic esters (lactones) is 1. The van der Waals surface area contributed by atoms with Crippen LogP contribution in [-0.4, -0.2) is 87.4 Å². The second-order valence-corrected chi connectivity index (χ2v) is 7.52. The van der Waals surface area contributed by atoms with Crippen molar-refractivity contribution in [2.24, 2.45) is 0 Å². The van der Waals surface area contributed by atoms with Crippen molar-refractivity contribution in [2.75, 3.05) is 55.7 Å². The fraction of sp³-hybridized carbons (Fsp3) is 0.524. The van der Waals surface area contributed by atoms with Crippen molar-refractivity contribution in [2.45, 2.75) is 26.9 Å². The summed E-state index contributed by atoms with van der Waals surface area (Å²) in [6.07, 6.45) is -5.19. The van der Waals surface area contributed by atoms with Gasteiger partial charge in [-0.1, -0.05) is 7.43 Å². The van der Waals surface area contributed by atoms with Crippen molar-refractivity contribution >= 4 is 35.3 Å². The van der Waals surface area contributed by atoms with Crippen molar-refractivity contribution in [1.29, 1.82) is 0 Å². The monoisotopic (exact) mass is 522 g/mol. The third kappa shape index (κ3) is 6.96. The third-order valence-electron chi connectivity index (χ3n) is 5.06. The van der Waals surface area contributed by atoms with Gasteiger partial charge in [-0.05, 0) is 0 Å². The van der Waals surface area contributed by atoms with Crippen LogP contribution >= 0.6 is 0 Å². The van der Waals surface area contributed by atoms with Gasteiger partial charge in [-0.25, -0.2) is 18.6 Å². The molecule has 0 radical (unpaired) electrons. The average molecular weight is 522 g/mol. The molecule has 1 aromatic carbocycles. The van der Waals surface area contributed by atoms with Crippen LogP contribution in [0.5, 0.6) is 0 Å². The van der Waals surface area contributed by atoms with Crippen LogP contribution in [0, 0.1) is 11.6 Å². The van der Waals surface area contributed by atoms with Crippen LogP contribution in [0.25, 0.3) is 0 Å². The highest BCUT2D eigenvalue weighted by atomic mass is 19.3. The molecule has 0 bridgehead atoms. The van der Waals surface area contributed by atoms with Gasteiger partial charge in [-0.15, -0.1) is 0 Å². The van der Waals surface area contributed by atoms with E-state index < -0.39 is 66.9 Å². The van der Waals surface area contributed by atoms with E-state index in [0.717, 1.165) is 29.0 Å². The summed E-state index contributed by atoms with van der Waals surface area (Å²) >= 11 is 0. The van der Waals surface area contributed by atoms with Crippen LogP contribution < -0.4 is 15.1 Å². The molecule has 2 saturated heterocycles. The maximum Gasteiger partial charge on any atom is 0.414 e. The Balaban J connectivity index is 0.00000456. The molecule has 3 rings (SSSR count). The summed E-state index contributed by atoms with van der Waals surface area (Å²) in [5.41, 5.74) is -0.569. The molecule has 2 fully saturated rings. The molecule has 0 aliphatic carbocycles. The van der Waals surface area contributed by atoms with Crippen LogP contribution in [0.4, 0.5) is 33.7 Å². The number of hydrogen-bond donors (Lipinski definition) is 1. The molecule has 0 spiro atoms. The molecular weight excluding hydrogens is 496 g/mol. The number of hydroxylamine groups is 2. The van der Waals surface area contributed by atoms with Gasteiger partial charge in [0.2, 0.25) is 0 Å². The quantitative estimate of drug-likeness (QED) is 0.423. The predicted octanol–water partition coefficient (Wildman–Crippen LogP) is 1.45. The Morgan fingerprint density at radius 1 is 1.17 bits per heavy atom. The number of nitrogens with zero attached hydrogens (tertiary/aromatic N) is 3. The molecule has 36 heavy (non-hydrogen) atoms. The molecule has 2 heterocycles. The highest BCUT2D eigenvalue weighted by Gasteiger charge is 2.34. The molecule has 11 nitrogen and oxygen atoms in total. The highest BCUT2D eigenvalue weighted by Crippen LogP contribution is 2.31. The lowest BCUT2D eigenvalue weighted by atomic mass is 10.2. The number of carbonyl (C=O) groups is 4. The zero-order valence-electron chi connectivity index (χ0n) is 18.5. The van der Waals surface area contributed by atoms with Gasteiger partial charge >= 0.3 is 18.5 Å². The summed E-state index contributed by atoms with van der Waals surface area (Å²) in [4.78, 5) is 53.5. The third-order valence-corrected chi connectivity index (χ3v) is 5.06. The van der Waals surface area contributed by atoms with Crippen LogP contribution in [0.3, 0.4) is 0 Å². The minimum atomic E-state index is -3.23. The molecule has 200 valence electrons. The SMILES string of the molecule is C.CC(=O)OCC(=O)N1CCN(c2c(F)cc(N3C[C@H](CNC(=O)C(F)F)OC3=O)cc2F)CCO1. The summed E-state index contributed by atoms with van der Waals surface area (Å²) in [5, 5.41) is 2.86. The van der Waals surface area contributed by atoms with Crippen molar-refractivity contribution in [3.8, 4) is 0 Å². The molecule has 1 atom stereocenters. The van der Waals surface area contributed by atoms with E-state index in [9.17, 15) is 36.7 Å². The molecule has 0 unspecified atom stereocenters. The lowest BCUT2D eigenvalue weighted by Crippen LogP contribution is -2.37. The second-order valence-electron chi connectivity index (χ2n) is 7.52. The number of benzene rings is 1. The van der Waals surface area contributed by atoms with Gasteiger partial charge < -0.3 is 19.7 Å². The number of hydrogen-bond acceptors (Lipinski definition) is 8. The summed E-state index contributed by atoms with van der Waals surface area (Å²) in [6, 6.07) is 1.82. The molecule has 2 aliphatic heterocycles. The van der Waals surface area contributed by atoms with E-state index >= 15 is 0 Å². The topological polar surface area (TPSA) is 118 Å². The first-order chi connectivity index (χ1) is 16.6. The van der Waals surface area contributed by atoms with E-state index in [-0.39, 0.29) is 45.9 Å². The van der Waals surface area contributed by atoms with E-state index in [1.165, 1.54) is 4.90 Å². The van der Waals surface area contributed by atoms with Gasteiger partial charge in [0.25, 0.3) is 11.8 Å². The van der Waals surface area contributed by atoms with Crippen molar-refractivity contribution in [1.82, 2.24) is 10.4 Å². The largest absolute Gasteiger partial charge is 0.456 e. The first kappa shape index (κ1) is 28.6. The average Bonchev–Trinajstić information content (AvgIpc) is 2.99. The number of esters is 1. The second kappa shape index (κ2) is 12.4. The van der Waals surface area contributed by atoms with Gasteiger partial charge in [-0.3, -0.25) is 24.1 Å². The van der Waals surface area contributed by atoms with Crippen molar-refractivity contribution < 1.29 is 51.1 Å². The molecule has 15 heteroatoms. The van der Waals surface area contributed by atoms with E-state index in [4.69, 9.17) is 9.57 Å². The number of alkyl halides is 2. The summed E-state index contributed by atoms with van der Waals surface area (Å²) in [7, 11) is 0. The van der Waals surface area contributed by atoms with Gasteiger partial charge in [0.05, 0.1) is 31.9 Å². The van der Waals surface area contributed by atoms with E-state index in [0.29, 0.717) is 0 Å². The normalized spacial score (nSPS) is 17.9. The van der Waals surface area contributed by atoms with E-state index in [1.807, 2.05) is 5.32 Å². The fourth-order valence-corrected chi connectivity index (χ4v) is 3.45. The zero-order chi connectivity index (χ0) is 25.7. The van der Waals surface area contributed by atoms with E-state index in [1.54, 1.807) is 0 Å². The smallest absolute Gasteiger partial charge is 0.414 e. The minimum Gasteiger partial charge on any atom is -0.456 e. The first-order valence-corrected chi connectivity index (χ1v) is 10.4. The Labute approximate surface area is 203 Å². The van der Waals surface area contributed by atoms with Gasteiger partial charge in [-0.2, -0.15) is 8.78 Å². The molecule has 2 aliphatic rings. The first-order valence-electron chi connectivity index (χ1n) is 10.4. The summed E-state index contributed by atoms with van der Waals surface area (Å²) < 4.78 is 64.0. The van der Waals surface area contributed by atoms with E-state index in [2.05, 4.69) is 4.74 Å². The Bertz CT molecular complexity index is 974. The fourth-order valence-electron chi connectivity index (χ4n) is 3.45. The van der Waals surface area contributed by atoms with Gasteiger partial charge in [0.15, 0.2) is 18.2 Å². The van der Waals surface area contributed by atoms with Crippen LogP contribution in [0.15, 0.2) is 12.1 Å². The van der Waals surface area contributed by atoms with Crippen LogP contribution in [-0.2, 0) is 28.7 Å². The standard InChI is InChI=1S/C20H22F4N4O7.CH4/c1-11(29)33-10-16(30)28-3-2-26(4-5-34-28)17-14(21)6-12(7-15(17)22)27-9-13(35-20(27)32)8-25-19(31)18(23)24;/h6-7,13,18H,2-5,8-10H2,1H3,(H,25,31);1H4/t13-;/m0./s1. The van der Waals surface area contributed by atoms with Crippen molar-refractivity contribution in [3.05, 3.63) is 23.8 Å². The maximum atomic E-state index is 14.9. The number of halogens is 4. The molecule has 3 amide bonds. The number of rotatable bonds is 7. The number of ether oxygens (including phenoxy) is 2. The number of carbonyl (C=O) groups excluding carboxylic acids is 4. The Morgan fingerprint density at radius 3 is 2.44 bits per heavy atom. The van der Waals surface area contributed by atoms with Gasteiger partial charge in [0, 0.05) is 32.1 Å². The molecule has 1 N–H and O–H groups in total. The lowest BCUT2D eigenvalue weighted by molar-refractivity contribution is -0.187. The van der Waals surface area contributed by atoms with Crippen LogP contribution in [0.2, 0.25) is 0 Å². The zero-order valence-corrected chi connectivity index (χ0v) is 18.5. The lowest BCUT2D eigenvalue weighted by Gasteiger charge is -2.24. The highest BCUT2D eigenvalue weighted by molar-refractivity contribution is 5.90. The number of amides is 3. The number of nitrogens with one attached hydrogen (secondary N) is 1. The van der Waals surface area contributed by atoms with Gasteiger partial charge in [0.1, 0.15) is 11.8 Å². The molecular formula is C21H26F4N4O7. The van der Waals surface area contributed by atoms with Crippen LogP contribution in [0.1, 0.15) is 14.4 Å². The number of anilines is 2. The Morgan fingerprint density at radius 2 is 1.83 bits per heavy atom. The molecule has 0 aromatic heterocycles. The van der Waals surface area contributed by atoms with Crippen molar-refractivity contribution in [3.63, 3.8) is 0 Å². The molecule has 1 aromatic rings. The maximum absolute atomic E-state index is 14.9. The Hall–Kier alpha value is -3.62. The summed E-state index contributed by atoms with van der Waals surface area (Å²) in [5.74, 6) is -4.81. The molecule has 0 saturated carbocycles. The predicted molar refractivity (Wildman–Crippen MR) is 116 cm³/mol.